The van der Waals surface area contributed by atoms with Crippen molar-refractivity contribution in [3.05, 3.63) is 29.3 Å². The molecule has 4 heteroatoms. The van der Waals surface area contributed by atoms with E-state index in [1.807, 2.05) is 0 Å². The average molecular weight is 229 g/mol. The summed E-state index contributed by atoms with van der Waals surface area (Å²) in [5.41, 5.74) is 1.08. The van der Waals surface area contributed by atoms with Gasteiger partial charge in [-0.05, 0) is 43.0 Å². The number of anilines is 1. The van der Waals surface area contributed by atoms with Crippen LogP contribution in [0.3, 0.4) is 0 Å². The zero-order valence-electron chi connectivity index (χ0n) is 9.06. The van der Waals surface area contributed by atoms with Crippen molar-refractivity contribution < 1.29 is 13.2 Å². The molecule has 0 aromatic heterocycles. The van der Waals surface area contributed by atoms with Gasteiger partial charge < -0.3 is 5.32 Å². The van der Waals surface area contributed by atoms with Gasteiger partial charge in [0.25, 0.3) is 0 Å². The van der Waals surface area contributed by atoms with Crippen molar-refractivity contribution in [1.82, 2.24) is 0 Å². The number of aryl methyl sites for hydroxylation is 1. The standard InChI is InChI=1S/C12H14F3N/c1-2-10-5-3-8-7-9(12(13,14)15)4-6-11(8)16-10/h4,6-7,10,16H,2-3,5H2,1H3. The molecule has 1 aromatic carbocycles. The number of benzene rings is 1. The van der Waals surface area contributed by atoms with E-state index < -0.39 is 11.7 Å². The minimum atomic E-state index is -4.24. The Morgan fingerprint density at radius 3 is 2.75 bits per heavy atom. The Hall–Kier alpha value is -1.19. The molecule has 1 aliphatic heterocycles. The monoisotopic (exact) mass is 229 g/mol. The molecular weight excluding hydrogens is 215 g/mol. The van der Waals surface area contributed by atoms with E-state index in [0.29, 0.717) is 6.04 Å². The highest BCUT2D eigenvalue weighted by atomic mass is 19.4. The van der Waals surface area contributed by atoms with Crippen LogP contribution < -0.4 is 5.32 Å². The van der Waals surface area contributed by atoms with Gasteiger partial charge in [0.05, 0.1) is 5.56 Å². The van der Waals surface area contributed by atoms with E-state index in [-0.39, 0.29) is 0 Å². The van der Waals surface area contributed by atoms with Crippen molar-refractivity contribution in [2.75, 3.05) is 5.32 Å². The van der Waals surface area contributed by atoms with Crippen molar-refractivity contribution >= 4 is 5.69 Å². The second kappa shape index (κ2) is 4.00. The summed E-state index contributed by atoms with van der Waals surface area (Å²) in [7, 11) is 0. The molecule has 1 unspecified atom stereocenters. The molecule has 1 aromatic rings. The molecule has 0 saturated carbocycles. The van der Waals surface area contributed by atoms with Crippen LogP contribution in [0, 0.1) is 0 Å². The molecule has 0 fully saturated rings. The summed E-state index contributed by atoms with van der Waals surface area (Å²) in [5.74, 6) is 0. The van der Waals surface area contributed by atoms with Gasteiger partial charge in [0.2, 0.25) is 0 Å². The zero-order chi connectivity index (χ0) is 11.8. The highest BCUT2D eigenvalue weighted by Gasteiger charge is 2.31. The molecular formula is C12H14F3N. The van der Waals surface area contributed by atoms with Crippen LogP contribution in [0.5, 0.6) is 0 Å². The molecule has 88 valence electrons. The van der Waals surface area contributed by atoms with Gasteiger partial charge in [-0.1, -0.05) is 6.92 Å². The first-order valence-electron chi connectivity index (χ1n) is 5.47. The summed E-state index contributed by atoms with van der Waals surface area (Å²) in [6, 6.07) is 4.34. The van der Waals surface area contributed by atoms with Gasteiger partial charge in [-0.3, -0.25) is 0 Å². The molecule has 0 radical (unpaired) electrons. The largest absolute Gasteiger partial charge is 0.416 e. The van der Waals surface area contributed by atoms with Crippen molar-refractivity contribution in [3.8, 4) is 0 Å². The maximum Gasteiger partial charge on any atom is 0.416 e. The second-order valence-corrected chi connectivity index (χ2v) is 4.16. The van der Waals surface area contributed by atoms with E-state index in [2.05, 4.69) is 12.2 Å². The van der Waals surface area contributed by atoms with Crippen LogP contribution in [0.2, 0.25) is 0 Å². The maximum absolute atomic E-state index is 12.5. The van der Waals surface area contributed by atoms with Gasteiger partial charge in [0, 0.05) is 11.7 Å². The Morgan fingerprint density at radius 2 is 2.12 bits per heavy atom. The van der Waals surface area contributed by atoms with Gasteiger partial charge >= 0.3 is 6.18 Å². The van der Waals surface area contributed by atoms with Gasteiger partial charge in [-0.2, -0.15) is 13.2 Å². The van der Waals surface area contributed by atoms with Crippen molar-refractivity contribution in [2.24, 2.45) is 0 Å². The highest BCUT2D eigenvalue weighted by Crippen LogP contribution is 2.34. The zero-order valence-corrected chi connectivity index (χ0v) is 9.06. The molecule has 1 N–H and O–H groups in total. The van der Waals surface area contributed by atoms with Crippen molar-refractivity contribution in [2.45, 2.75) is 38.4 Å². The van der Waals surface area contributed by atoms with Gasteiger partial charge in [-0.25, -0.2) is 0 Å². The summed E-state index contributed by atoms with van der Waals surface area (Å²) >= 11 is 0. The number of rotatable bonds is 1. The molecule has 0 bridgehead atoms. The molecule has 0 aliphatic carbocycles. The topological polar surface area (TPSA) is 12.0 Å². The van der Waals surface area contributed by atoms with Crippen LogP contribution >= 0.6 is 0 Å². The first-order chi connectivity index (χ1) is 7.50. The number of alkyl halides is 3. The van der Waals surface area contributed by atoms with Crippen LogP contribution in [0.25, 0.3) is 0 Å². The van der Waals surface area contributed by atoms with Crippen molar-refractivity contribution in [3.63, 3.8) is 0 Å². The Kier molecular flexibility index (Phi) is 2.82. The van der Waals surface area contributed by atoms with E-state index >= 15 is 0 Å². The average Bonchev–Trinajstić information content (AvgIpc) is 2.26. The summed E-state index contributed by atoms with van der Waals surface area (Å²) in [6.45, 7) is 2.08. The summed E-state index contributed by atoms with van der Waals surface area (Å²) in [4.78, 5) is 0. The SMILES string of the molecule is CCC1CCc2cc(C(F)(F)F)ccc2N1. The Bertz CT molecular complexity index is 384. The summed E-state index contributed by atoms with van der Waals surface area (Å²) in [6.07, 6.45) is -1.60. The predicted octanol–water partition coefficient (Wildman–Crippen LogP) is 3.84. The van der Waals surface area contributed by atoms with Crippen LogP contribution in [0.4, 0.5) is 18.9 Å². The molecule has 0 spiro atoms. The first kappa shape index (κ1) is 11.3. The van der Waals surface area contributed by atoms with Crippen LogP contribution in [0.1, 0.15) is 30.9 Å². The molecule has 2 rings (SSSR count). The maximum atomic E-state index is 12.5. The number of hydrogen-bond acceptors (Lipinski definition) is 1. The summed E-state index contributed by atoms with van der Waals surface area (Å²) < 4.78 is 37.4. The van der Waals surface area contributed by atoms with E-state index in [1.54, 1.807) is 6.07 Å². The fourth-order valence-corrected chi connectivity index (χ4v) is 2.05. The van der Waals surface area contributed by atoms with E-state index in [0.717, 1.165) is 36.6 Å². The smallest absolute Gasteiger partial charge is 0.382 e. The van der Waals surface area contributed by atoms with Crippen molar-refractivity contribution in [1.29, 1.82) is 0 Å². The van der Waals surface area contributed by atoms with E-state index in [9.17, 15) is 13.2 Å². The Morgan fingerprint density at radius 1 is 1.38 bits per heavy atom. The highest BCUT2D eigenvalue weighted by molar-refractivity contribution is 5.55. The molecule has 0 saturated heterocycles. The lowest BCUT2D eigenvalue weighted by Gasteiger charge is -2.26. The fourth-order valence-electron chi connectivity index (χ4n) is 2.05. The lowest BCUT2D eigenvalue weighted by Crippen LogP contribution is -2.24. The van der Waals surface area contributed by atoms with Crippen LogP contribution in [-0.4, -0.2) is 6.04 Å². The normalized spacial score (nSPS) is 20.1. The number of fused-ring (bicyclic) bond motifs is 1. The fraction of sp³-hybridized carbons (Fsp3) is 0.500. The quantitative estimate of drug-likeness (QED) is 0.771. The van der Waals surface area contributed by atoms with Gasteiger partial charge in [0.15, 0.2) is 0 Å². The predicted molar refractivity (Wildman–Crippen MR) is 57.5 cm³/mol. The number of halogens is 3. The van der Waals surface area contributed by atoms with E-state index in [4.69, 9.17) is 0 Å². The number of hydrogen-bond donors (Lipinski definition) is 1. The Balaban J connectivity index is 2.28. The second-order valence-electron chi connectivity index (χ2n) is 4.16. The first-order valence-corrected chi connectivity index (χ1v) is 5.47. The molecule has 1 atom stereocenters. The Labute approximate surface area is 92.7 Å². The molecule has 0 amide bonds. The lowest BCUT2D eigenvalue weighted by atomic mass is 9.95. The third kappa shape index (κ3) is 2.15. The third-order valence-electron chi connectivity index (χ3n) is 3.05. The van der Waals surface area contributed by atoms with E-state index in [1.165, 1.54) is 6.07 Å². The minimum Gasteiger partial charge on any atom is -0.382 e. The minimum absolute atomic E-state index is 0.393. The van der Waals surface area contributed by atoms with Gasteiger partial charge in [0.1, 0.15) is 0 Å². The number of nitrogens with one attached hydrogen (secondary N) is 1. The summed E-state index contributed by atoms with van der Waals surface area (Å²) in [5, 5.41) is 3.26. The molecule has 1 heterocycles. The third-order valence-corrected chi connectivity index (χ3v) is 3.05. The lowest BCUT2D eigenvalue weighted by molar-refractivity contribution is -0.137. The van der Waals surface area contributed by atoms with Crippen LogP contribution in [0.15, 0.2) is 18.2 Å². The molecule has 1 aliphatic rings. The molecule has 1 nitrogen and oxygen atoms in total. The van der Waals surface area contributed by atoms with Gasteiger partial charge in [-0.15, -0.1) is 0 Å². The van der Waals surface area contributed by atoms with Crippen LogP contribution in [-0.2, 0) is 12.6 Å². The molecule has 16 heavy (non-hydrogen) atoms.